The molecule has 3 aliphatic rings. The van der Waals surface area contributed by atoms with Gasteiger partial charge in [0.15, 0.2) is 11.6 Å². The molecule has 3 fully saturated rings. The topological polar surface area (TPSA) is 26.3 Å². The summed E-state index contributed by atoms with van der Waals surface area (Å²) >= 11 is 5.56. The second-order valence-corrected chi connectivity index (χ2v) is 10.1. The van der Waals surface area contributed by atoms with Gasteiger partial charge >= 0.3 is 5.97 Å². The Kier molecular flexibility index (Phi) is 6.48. The number of rotatable bonds is 3. The molecule has 160 valence electrons. The molecule has 4 unspecified atom stereocenters. The van der Waals surface area contributed by atoms with E-state index in [0.29, 0.717) is 5.92 Å². The monoisotopic (exact) mass is 424 g/mol. The van der Waals surface area contributed by atoms with Crippen molar-refractivity contribution in [3.8, 4) is 5.75 Å². The first-order valence-electron chi connectivity index (χ1n) is 11.3. The molecule has 0 aromatic heterocycles. The van der Waals surface area contributed by atoms with Crippen molar-refractivity contribution in [2.75, 3.05) is 0 Å². The van der Waals surface area contributed by atoms with E-state index < -0.39 is 17.6 Å². The zero-order chi connectivity index (χ0) is 20.5. The molecule has 4 atom stereocenters. The molecule has 0 amide bonds. The van der Waals surface area contributed by atoms with Crippen LogP contribution in [-0.2, 0) is 4.79 Å². The van der Waals surface area contributed by atoms with Gasteiger partial charge < -0.3 is 4.74 Å². The van der Waals surface area contributed by atoms with E-state index in [1.807, 2.05) is 0 Å². The van der Waals surface area contributed by atoms with Crippen molar-refractivity contribution in [3.05, 3.63) is 28.8 Å². The first-order chi connectivity index (χ1) is 13.9. The van der Waals surface area contributed by atoms with Crippen molar-refractivity contribution in [1.82, 2.24) is 0 Å². The first-order valence-corrected chi connectivity index (χ1v) is 11.6. The average Bonchev–Trinajstić information content (AvgIpc) is 2.74. The Labute approximate surface area is 177 Å². The summed E-state index contributed by atoms with van der Waals surface area (Å²) < 4.78 is 32.7. The van der Waals surface area contributed by atoms with E-state index in [4.69, 9.17) is 16.3 Å². The van der Waals surface area contributed by atoms with Gasteiger partial charge in [0.1, 0.15) is 0 Å². The van der Waals surface area contributed by atoms with Gasteiger partial charge in [-0.15, -0.1) is 0 Å². The molecule has 0 radical (unpaired) electrons. The van der Waals surface area contributed by atoms with E-state index in [0.717, 1.165) is 49.4 Å². The van der Waals surface area contributed by atoms with Crippen molar-refractivity contribution in [2.45, 2.75) is 71.1 Å². The maximum Gasteiger partial charge on any atom is 0.314 e. The van der Waals surface area contributed by atoms with Gasteiger partial charge in [-0.05, 0) is 99.5 Å². The number of carbonyl (C=O) groups excluding carboxylic acids is 1. The third-order valence-electron chi connectivity index (χ3n) is 7.90. The van der Waals surface area contributed by atoms with Crippen LogP contribution in [0.15, 0.2) is 12.1 Å². The predicted octanol–water partition coefficient (Wildman–Crippen LogP) is 7.18. The Morgan fingerprint density at radius 3 is 2.17 bits per heavy atom. The van der Waals surface area contributed by atoms with E-state index in [-0.39, 0.29) is 16.7 Å². The largest absolute Gasteiger partial charge is 0.423 e. The van der Waals surface area contributed by atoms with Gasteiger partial charge in [0.25, 0.3) is 0 Å². The molecule has 0 aliphatic heterocycles. The van der Waals surface area contributed by atoms with Crippen LogP contribution in [0.1, 0.15) is 71.1 Å². The van der Waals surface area contributed by atoms with Crippen LogP contribution >= 0.6 is 11.6 Å². The van der Waals surface area contributed by atoms with Gasteiger partial charge in [-0.3, -0.25) is 4.79 Å². The Hall–Kier alpha value is -1.16. The Balaban J connectivity index is 1.28. The van der Waals surface area contributed by atoms with Gasteiger partial charge in [-0.25, -0.2) is 4.39 Å². The standard InChI is InChI=1S/C24H31ClF2O2/c1-14-2-3-19-13-18(9-8-17(19)12-14)15-4-6-16(7-5-15)24(28)29-21-11-10-20(25)22(26)23(21)27/h10-11,14-19H,2-9,12-13H2,1H3. The SMILES string of the molecule is CC1CCC2CC(C3CCC(C(=O)Oc4ccc(Cl)c(F)c4F)CC3)CCC2C1. The summed E-state index contributed by atoms with van der Waals surface area (Å²) in [6.45, 7) is 2.40. The summed E-state index contributed by atoms with van der Waals surface area (Å²) in [5.74, 6) is 0.828. The van der Waals surface area contributed by atoms with Crippen molar-refractivity contribution in [2.24, 2.45) is 35.5 Å². The molecular weight excluding hydrogens is 394 g/mol. The minimum Gasteiger partial charge on any atom is -0.423 e. The zero-order valence-electron chi connectivity index (χ0n) is 17.1. The number of carbonyl (C=O) groups is 1. The molecule has 5 heteroatoms. The molecule has 0 spiro atoms. The van der Waals surface area contributed by atoms with Crippen LogP contribution in [-0.4, -0.2) is 5.97 Å². The Morgan fingerprint density at radius 1 is 0.862 bits per heavy atom. The normalized spacial score (nSPS) is 35.0. The molecule has 1 aromatic carbocycles. The molecule has 4 rings (SSSR count). The molecule has 2 nitrogen and oxygen atoms in total. The molecule has 29 heavy (non-hydrogen) atoms. The first kappa shape index (κ1) is 21.1. The van der Waals surface area contributed by atoms with Gasteiger partial charge in [-0.1, -0.05) is 24.9 Å². The third kappa shape index (κ3) is 4.62. The molecule has 1 aromatic rings. The second-order valence-electron chi connectivity index (χ2n) is 9.72. The highest BCUT2D eigenvalue weighted by atomic mass is 35.5. The quantitative estimate of drug-likeness (QED) is 0.291. The number of fused-ring (bicyclic) bond motifs is 1. The minimum atomic E-state index is -1.20. The van der Waals surface area contributed by atoms with Gasteiger partial charge in [0.05, 0.1) is 10.9 Å². The Bertz CT molecular complexity index is 745. The van der Waals surface area contributed by atoms with Crippen LogP contribution in [0.3, 0.4) is 0 Å². The van der Waals surface area contributed by atoms with E-state index in [2.05, 4.69) is 6.92 Å². The molecular formula is C24H31ClF2O2. The summed E-state index contributed by atoms with van der Waals surface area (Å²) in [6.07, 6.45) is 11.9. The zero-order valence-corrected chi connectivity index (χ0v) is 17.9. The molecule has 0 saturated heterocycles. The van der Waals surface area contributed by atoms with Crippen molar-refractivity contribution >= 4 is 17.6 Å². The number of benzene rings is 1. The highest BCUT2D eigenvalue weighted by Crippen LogP contribution is 2.49. The fourth-order valence-electron chi connectivity index (χ4n) is 6.19. The molecule has 0 heterocycles. The lowest BCUT2D eigenvalue weighted by Crippen LogP contribution is -2.35. The summed E-state index contributed by atoms with van der Waals surface area (Å²) in [4.78, 5) is 12.5. The molecule has 0 bridgehead atoms. The molecule has 3 aliphatic carbocycles. The summed E-state index contributed by atoms with van der Waals surface area (Å²) in [5, 5.41) is -0.315. The van der Waals surface area contributed by atoms with Gasteiger partial charge in [-0.2, -0.15) is 4.39 Å². The van der Waals surface area contributed by atoms with Crippen molar-refractivity contribution in [1.29, 1.82) is 0 Å². The van der Waals surface area contributed by atoms with Gasteiger partial charge in [0.2, 0.25) is 5.82 Å². The minimum absolute atomic E-state index is 0.226. The van der Waals surface area contributed by atoms with Crippen LogP contribution in [0.5, 0.6) is 5.75 Å². The number of hydrogen-bond acceptors (Lipinski definition) is 2. The highest BCUT2D eigenvalue weighted by Gasteiger charge is 2.39. The molecule has 0 N–H and O–H groups in total. The fraction of sp³-hybridized carbons (Fsp3) is 0.708. The lowest BCUT2D eigenvalue weighted by molar-refractivity contribution is -0.140. The van der Waals surface area contributed by atoms with E-state index in [1.54, 1.807) is 0 Å². The predicted molar refractivity (Wildman–Crippen MR) is 110 cm³/mol. The lowest BCUT2D eigenvalue weighted by Gasteiger charge is -2.44. The Morgan fingerprint density at radius 2 is 1.45 bits per heavy atom. The summed E-state index contributed by atoms with van der Waals surface area (Å²) in [5.41, 5.74) is 0. The summed E-state index contributed by atoms with van der Waals surface area (Å²) in [6, 6.07) is 2.43. The van der Waals surface area contributed by atoms with Crippen LogP contribution < -0.4 is 4.74 Å². The molecule has 3 saturated carbocycles. The number of esters is 1. The van der Waals surface area contributed by atoms with E-state index in [1.165, 1.54) is 50.7 Å². The van der Waals surface area contributed by atoms with Crippen LogP contribution in [0.25, 0.3) is 0 Å². The van der Waals surface area contributed by atoms with Crippen LogP contribution in [0.4, 0.5) is 8.78 Å². The third-order valence-corrected chi connectivity index (χ3v) is 8.19. The smallest absolute Gasteiger partial charge is 0.314 e. The number of hydrogen-bond donors (Lipinski definition) is 0. The second kappa shape index (κ2) is 8.91. The maximum absolute atomic E-state index is 13.9. The van der Waals surface area contributed by atoms with Crippen LogP contribution in [0.2, 0.25) is 5.02 Å². The van der Waals surface area contributed by atoms with Gasteiger partial charge in [0, 0.05) is 0 Å². The highest BCUT2D eigenvalue weighted by molar-refractivity contribution is 6.30. The van der Waals surface area contributed by atoms with E-state index >= 15 is 0 Å². The average molecular weight is 425 g/mol. The van der Waals surface area contributed by atoms with Crippen LogP contribution in [0, 0.1) is 47.1 Å². The fourth-order valence-corrected chi connectivity index (χ4v) is 6.34. The van der Waals surface area contributed by atoms with E-state index in [9.17, 15) is 13.6 Å². The number of halogens is 3. The maximum atomic E-state index is 13.9. The van der Waals surface area contributed by atoms with Crippen molar-refractivity contribution < 1.29 is 18.3 Å². The number of ether oxygens (including phenoxy) is 1. The van der Waals surface area contributed by atoms with Crippen molar-refractivity contribution in [3.63, 3.8) is 0 Å². The summed E-state index contributed by atoms with van der Waals surface area (Å²) in [7, 11) is 0. The lowest BCUT2D eigenvalue weighted by atomic mass is 9.61.